The Morgan fingerprint density at radius 2 is 1.66 bits per heavy atom. The number of aromatic nitrogens is 1. The van der Waals surface area contributed by atoms with Crippen molar-refractivity contribution < 1.29 is 27.6 Å². The number of benzene rings is 3. The molecule has 0 amide bonds. The highest BCUT2D eigenvalue weighted by atomic mass is 35.5. The van der Waals surface area contributed by atoms with Gasteiger partial charge in [-0.25, -0.2) is 17.9 Å². The van der Waals surface area contributed by atoms with Crippen LogP contribution < -0.4 is 9.46 Å². The molecule has 198 valence electrons. The summed E-state index contributed by atoms with van der Waals surface area (Å²) in [5.74, 6) is 0.149. The van der Waals surface area contributed by atoms with Crippen molar-refractivity contribution in [3.63, 3.8) is 0 Å². The second-order valence-corrected chi connectivity index (χ2v) is 11.3. The minimum Gasteiger partial charge on any atom is -0.489 e. The maximum atomic E-state index is 12.6. The number of halogens is 2. The average Bonchev–Trinajstić information content (AvgIpc) is 3.30. The normalized spacial score (nSPS) is 11.6. The first kappa shape index (κ1) is 27.7. The third kappa shape index (κ3) is 6.19. The molecule has 38 heavy (non-hydrogen) atoms. The van der Waals surface area contributed by atoms with Gasteiger partial charge < -0.3 is 14.4 Å². The van der Waals surface area contributed by atoms with Gasteiger partial charge in [-0.1, -0.05) is 60.4 Å². The number of hydrogen-bond donors (Lipinski definition) is 2. The molecule has 0 spiro atoms. The molecule has 0 saturated heterocycles. The van der Waals surface area contributed by atoms with Crippen LogP contribution in [0.1, 0.15) is 47.0 Å². The van der Waals surface area contributed by atoms with Crippen molar-refractivity contribution in [1.29, 1.82) is 0 Å². The molecule has 0 aliphatic carbocycles. The van der Waals surface area contributed by atoms with Crippen LogP contribution in [-0.4, -0.2) is 24.7 Å². The molecule has 1 aromatic heterocycles. The van der Waals surface area contributed by atoms with Gasteiger partial charge in [0.05, 0.1) is 26.1 Å². The van der Waals surface area contributed by atoms with Crippen molar-refractivity contribution in [2.75, 3.05) is 0 Å². The fourth-order valence-corrected chi connectivity index (χ4v) is 5.33. The van der Waals surface area contributed by atoms with Crippen LogP contribution in [0.3, 0.4) is 0 Å². The molecule has 1 heterocycles. The van der Waals surface area contributed by atoms with E-state index in [0.29, 0.717) is 38.4 Å². The van der Waals surface area contributed by atoms with Gasteiger partial charge in [0.1, 0.15) is 23.8 Å². The summed E-state index contributed by atoms with van der Waals surface area (Å²) in [5, 5.41) is 14.1. The number of ether oxygens (including phenoxy) is 1. The number of carboxylic acid groups (broad SMARTS) is 1. The lowest BCUT2D eigenvalue weighted by molar-refractivity contribution is 0.0696. The standard InChI is InChI=1S/C27H24Cl2N2O6S/c1-16(2)26-21(25(31-37-26)24-22(28)4-3-5-23(24)29)15-36-19-10-6-17(7-11-19)14-30-38(34,35)20-12-8-18(9-13-20)27(32)33/h3-13,16,30H,14-15H2,1-2H3,(H,32,33). The highest BCUT2D eigenvalue weighted by Gasteiger charge is 2.24. The van der Waals surface area contributed by atoms with Gasteiger partial charge in [0, 0.05) is 18.0 Å². The Kier molecular flexibility index (Phi) is 8.42. The van der Waals surface area contributed by atoms with Crippen molar-refractivity contribution in [3.05, 3.63) is 99.2 Å². The predicted molar refractivity (Wildman–Crippen MR) is 144 cm³/mol. The van der Waals surface area contributed by atoms with Crippen molar-refractivity contribution >= 4 is 39.2 Å². The third-order valence-electron chi connectivity index (χ3n) is 5.73. The third-order valence-corrected chi connectivity index (χ3v) is 7.77. The first-order valence-corrected chi connectivity index (χ1v) is 13.8. The molecule has 0 fully saturated rings. The largest absolute Gasteiger partial charge is 0.489 e. The SMILES string of the molecule is CC(C)c1onc(-c2c(Cl)cccc2Cl)c1COc1ccc(CNS(=O)(=O)c2ccc(C(=O)O)cc2)cc1. The lowest BCUT2D eigenvalue weighted by Gasteiger charge is -2.11. The van der Waals surface area contributed by atoms with Crippen molar-refractivity contribution in [2.45, 2.75) is 37.8 Å². The quantitative estimate of drug-likeness (QED) is 0.221. The van der Waals surface area contributed by atoms with Crippen LogP contribution in [0.5, 0.6) is 5.75 Å². The molecule has 0 atom stereocenters. The van der Waals surface area contributed by atoms with Crippen LogP contribution in [0.25, 0.3) is 11.3 Å². The Labute approximate surface area is 230 Å². The second kappa shape index (κ2) is 11.6. The van der Waals surface area contributed by atoms with E-state index >= 15 is 0 Å². The Balaban J connectivity index is 1.45. The summed E-state index contributed by atoms with van der Waals surface area (Å²) in [7, 11) is -3.82. The first-order chi connectivity index (χ1) is 18.1. The Morgan fingerprint density at radius 3 is 2.24 bits per heavy atom. The molecular formula is C27H24Cl2N2O6S. The van der Waals surface area contributed by atoms with Crippen molar-refractivity contribution in [2.24, 2.45) is 0 Å². The van der Waals surface area contributed by atoms with E-state index in [2.05, 4.69) is 9.88 Å². The zero-order chi connectivity index (χ0) is 27.4. The van der Waals surface area contributed by atoms with E-state index in [1.807, 2.05) is 13.8 Å². The predicted octanol–water partition coefficient (Wildman–Crippen LogP) is 6.53. The number of carboxylic acids is 1. The van der Waals surface area contributed by atoms with Crippen molar-refractivity contribution in [3.8, 4) is 17.0 Å². The van der Waals surface area contributed by atoms with Crippen LogP contribution in [0.4, 0.5) is 0 Å². The molecule has 4 aromatic rings. The number of aromatic carboxylic acids is 1. The van der Waals surface area contributed by atoms with Gasteiger partial charge in [-0.2, -0.15) is 0 Å². The summed E-state index contributed by atoms with van der Waals surface area (Å²) in [6.45, 7) is 4.17. The van der Waals surface area contributed by atoms with Gasteiger partial charge in [-0.05, 0) is 54.1 Å². The molecule has 0 radical (unpaired) electrons. The summed E-state index contributed by atoms with van der Waals surface area (Å²) < 4.78 is 39.2. The van der Waals surface area contributed by atoms with Crippen LogP contribution >= 0.6 is 23.2 Å². The van der Waals surface area contributed by atoms with Gasteiger partial charge in [0.25, 0.3) is 0 Å². The van der Waals surface area contributed by atoms with Gasteiger partial charge in [-0.3, -0.25) is 0 Å². The first-order valence-electron chi connectivity index (χ1n) is 11.5. The van der Waals surface area contributed by atoms with Crippen molar-refractivity contribution in [1.82, 2.24) is 9.88 Å². The molecule has 8 nitrogen and oxygen atoms in total. The number of sulfonamides is 1. The Bertz CT molecular complexity index is 1530. The summed E-state index contributed by atoms with van der Waals surface area (Å²) in [6.07, 6.45) is 0. The summed E-state index contributed by atoms with van der Waals surface area (Å²) in [6, 6.07) is 17.2. The minimum atomic E-state index is -3.82. The minimum absolute atomic E-state index is 0.00772. The fraction of sp³-hybridized carbons (Fsp3) is 0.185. The van der Waals surface area contributed by atoms with Crippen LogP contribution in [0.2, 0.25) is 10.0 Å². The zero-order valence-corrected chi connectivity index (χ0v) is 22.8. The van der Waals surface area contributed by atoms with Gasteiger partial charge in [0.15, 0.2) is 0 Å². The highest BCUT2D eigenvalue weighted by molar-refractivity contribution is 7.89. The summed E-state index contributed by atoms with van der Waals surface area (Å²) >= 11 is 12.8. The van der Waals surface area contributed by atoms with E-state index in [1.54, 1.807) is 42.5 Å². The summed E-state index contributed by atoms with van der Waals surface area (Å²) in [4.78, 5) is 11.0. The maximum absolute atomic E-state index is 12.6. The molecule has 0 aliphatic heterocycles. The van der Waals surface area contributed by atoms with E-state index in [-0.39, 0.29) is 29.5 Å². The summed E-state index contributed by atoms with van der Waals surface area (Å²) in [5.41, 5.74) is 2.55. The van der Waals surface area contributed by atoms with E-state index < -0.39 is 16.0 Å². The molecule has 0 aliphatic rings. The molecule has 3 aromatic carbocycles. The highest BCUT2D eigenvalue weighted by Crippen LogP contribution is 2.38. The molecule has 2 N–H and O–H groups in total. The Hall–Kier alpha value is -3.37. The van der Waals surface area contributed by atoms with Gasteiger partial charge in [0.2, 0.25) is 10.0 Å². The lowest BCUT2D eigenvalue weighted by Crippen LogP contribution is -2.23. The van der Waals surface area contributed by atoms with E-state index in [9.17, 15) is 13.2 Å². The fourth-order valence-electron chi connectivity index (χ4n) is 3.73. The molecule has 11 heteroatoms. The van der Waals surface area contributed by atoms with Gasteiger partial charge in [-0.15, -0.1) is 0 Å². The molecular weight excluding hydrogens is 551 g/mol. The number of nitrogens with one attached hydrogen (secondary N) is 1. The molecule has 0 unspecified atom stereocenters. The Morgan fingerprint density at radius 1 is 1.03 bits per heavy atom. The topological polar surface area (TPSA) is 119 Å². The van der Waals surface area contributed by atoms with E-state index in [4.69, 9.17) is 37.6 Å². The van der Waals surface area contributed by atoms with E-state index in [0.717, 1.165) is 5.56 Å². The zero-order valence-electron chi connectivity index (χ0n) is 20.4. The smallest absolute Gasteiger partial charge is 0.335 e. The molecule has 0 bridgehead atoms. The lowest BCUT2D eigenvalue weighted by atomic mass is 10.0. The number of hydrogen-bond acceptors (Lipinski definition) is 6. The second-order valence-electron chi connectivity index (χ2n) is 8.71. The number of nitrogens with zero attached hydrogens (tertiary/aromatic N) is 1. The average molecular weight is 575 g/mol. The van der Waals surface area contributed by atoms with Crippen LogP contribution in [0.15, 0.2) is 76.1 Å². The van der Waals surface area contributed by atoms with Crippen LogP contribution in [-0.2, 0) is 23.2 Å². The monoisotopic (exact) mass is 574 g/mol. The number of rotatable bonds is 10. The van der Waals surface area contributed by atoms with Crippen LogP contribution in [0, 0.1) is 0 Å². The van der Waals surface area contributed by atoms with E-state index in [1.165, 1.54) is 24.3 Å². The number of carbonyl (C=O) groups is 1. The molecule has 0 saturated carbocycles. The maximum Gasteiger partial charge on any atom is 0.335 e. The molecule has 4 rings (SSSR count). The van der Waals surface area contributed by atoms with Gasteiger partial charge >= 0.3 is 5.97 Å².